The molecule has 94 valence electrons. The maximum atomic E-state index is 9.39. The highest BCUT2D eigenvalue weighted by atomic mass is 16.3. The van der Waals surface area contributed by atoms with Crippen LogP contribution >= 0.6 is 0 Å². The standard InChI is InChI=1S/C14H17N3O/c1-10(17-15)8-16-9-11-2-3-13-7-14(18)5-4-12(13)6-11/h2-7,16,18H,8-9,15H2,1H3/b17-10+. The van der Waals surface area contributed by atoms with Crippen LogP contribution in [0.1, 0.15) is 12.5 Å². The molecular formula is C14H17N3O. The molecule has 0 amide bonds. The molecule has 2 rings (SSSR count). The summed E-state index contributed by atoms with van der Waals surface area (Å²) in [6.07, 6.45) is 0. The molecule has 0 aliphatic rings. The summed E-state index contributed by atoms with van der Waals surface area (Å²) < 4.78 is 0. The van der Waals surface area contributed by atoms with E-state index < -0.39 is 0 Å². The third-order valence-corrected chi connectivity index (χ3v) is 2.82. The van der Waals surface area contributed by atoms with E-state index in [4.69, 9.17) is 5.84 Å². The number of nitrogens with two attached hydrogens (primary N) is 1. The number of hydrazone groups is 1. The number of phenols is 1. The summed E-state index contributed by atoms with van der Waals surface area (Å²) in [6.45, 7) is 3.34. The van der Waals surface area contributed by atoms with E-state index in [0.29, 0.717) is 12.3 Å². The number of fused-ring (bicyclic) bond motifs is 1. The number of hydrogen-bond acceptors (Lipinski definition) is 4. The molecule has 0 aliphatic heterocycles. The third kappa shape index (κ3) is 2.99. The predicted octanol–water partition coefficient (Wildman–Crippen LogP) is 1.97. The van der Waals surface area contributed by atoms with Gasteiger partial charge in [0, 0.05) is 18.8 Å². The summed E-state index contributed by atoms with van der Waals surface area (Å²) in [5, 5.41) is 18.4. The van der Waals surface area contributed by atoms with Crippen LogP contribution in [-0.4, -0.2) is 17.4 Å². The van der Waals surface area contributed by atoms with Crippen molar-refractivity contribution >= 4 is 16.5 Å². The molecule has 0 unspecified atom stereocenters. The zero-order valence-electron chi connectivity index (χ0n) is 10.4. The quantitative estimate of drug-likeness (QED) is 0.437. The summed E-state index contributed by atoms with van der Waals surface area (Å²) in [6, 6.07) is 11.5. The molecule has 18 heavy (non-hydrogen) atoms. The summed E-state index contributed by atoms with van der Waals surface area (Å²) in [5.74, 6) is 5.46. The van der Waals surface area contributed by atoms with Gasteiger partial charge in [-0.1, -0.05) is 18.2 Å². The molecule has 0 atom stereocenters. The number of phenolic OH excluding ortho intramolecular Hbond substituents is 1. The van der Waals surface area contributed by atoms with Crippen molar-refractivity contribution < 1.29 is 5.11 Å². The van der Waals surface area contributed by atoms with Crippen LogP contribution in [0.4, 0.5) is 0 Å². The first-order valence-corrected chi connectivity index (χ1v) is 5.85. The first-order valence-electron chi connectivity index (χ1n) is 5.85. The van der Waals surface area contributed by atoms with Gasteiger partial charge in [0.25, 0.3) is 0 Å². The van der Waals surface area contributed by atoms with Crippen molar-refractivity contribution in [3.05, 3.63) is 42.0 Å². The highest BCUT2D eigenvalue weighted by Gasteiger charge is 1.98. The number of hydrogen-bond donors (Lipinski definition) is 3. The molecule has 4 heteroatoms. The van der Waals surface area contributed by atoms with Gasteiger partial charge in [0.05, 0.1) is 0 Å². The van der Waals surface area contributed by atoms with Crippen molar-refractivity contribution in [1.82, 2.24) is 5.32 Å². The minimum atomic E-state index is 0.295. The Labute approximate surface area is 106 Å². The highest BCUT2D eigenvalue weighted by molar-refractivity contribution is 5.84. The Morgan fingerprint density at radius 3 is 2.72 bits per heavy atom. The van der Waals surface area contributed by atoms with Crippen LogP contribution in [0.2, 0.25) is 0 Å². The fraction of sp³-hybridized carbons (Fsp3) is 0.214. The third-order valence-electron chi connectivity index (χ3n) is 2.82. The predicted molar refractivity (Wildman–Crippen MR) is 74.6 cm³/mol. The SMILES string of the molecule is C/C(CNCc1ccc2cc(O)ccc2c1)=N\N. The van der Waals surface area contributed by atoms with E-state index in [1.54, 1.807) is 12.1 Å². The molecule has 0 radical (unpaired) electrons. The minimum absolute atomic E-state index is 0.295. The van der Waals surface area contributed by atoms with Gasteiger partial charge in [0.2, 0.25) is 0 Å². The number of aromatic hydroxyl groups is 1. The van der Waals surface area contributed by atoms with Crippen molar-refractivity contribution in [2.45, 2.75) is 13.5 Å². The summed E-state index contributed by atoms with van der Waals surface area (Å²) >= 11 is 0. The summed E-state index contributed by atoms with van der Waals surface area (Å²) in [4.78, 5) is 0. The fourth-order valence-corrected chi connectivity index (χ4v) is 1.83. The molecule has 0 spiro atoms. The average Bonchev–Trinajstić information content (AvgIpc) is 2.38. The molecule has 0 bridgehead atoms. The molecule has 0 heterocycles. The zero-order chi connectivity index (χ0) is 13.0. The second-order valence-corrected chi connectivity index (χ2v) is 4.33. The van der Waals surface area contributed by atoms with Gasteiger partial charge >= 0.3 is 0 Å². The van der Waals surface area contributed by atoms with Gasteiger partial charge in [-0.2, -0.15) is 5.10 Å². The molecule has 4 N–H and O–H groups in total. The van der Waals surface area contributed by atoms with Crippen LogP contribution in [0.3, 0.4) is 0 Å². The van der Waals surface area contributed by atoms with Crippen LogP contribution in [0, 0.1) is 0 Å². The van der Waals surface area contributed by atoms with E-state index in [1.165, 1.54) is 5.56 Å². The molecule has 0 aromatic heterocycles. The number of benzene rings is 2. The maximum Gasteiger partial charge on any atom is 0.116 e. The second-order valence-electron chi connectivity index (χ2n) is 4.33. The van der Waals surface area contributed by atoms with Crippen molar-refractivity contribution in [3.63, 3.8) is 0 Å². The molecule has 0 saturated carbocycles. The first kappa shape index (κ1) is 12.4. The van der Waals surface area contributed by atoms with E-state index in [2.05, 4.69) is 16.5 Å². The van der Waals surface area contributed by atoms with Gasteiger partial charge in [-0.15, -0.1) is 0 Å². The highest BCUT2D eigenvalue weighted by Crippen LogP contribution is 2.20. The van der Waals surface area contributed by atoms with E-state index in [0.717, 1.165) is 23.0 Å². The van der Waals surface area contributed by atoms with Crippen LogP contribution in [0.25, 0.3) is 10.8 Å². The Bertz CT molecular complexity index is 578. The van der Waals surface area contributed by atoms with E-state index in [-0.39, 0.29) is 0 Å². The Morgan fingerprint density at radius 1 is 1.22 bits per heavy atom. The number of rotatable bonds is 4. The molecular weight excluding hydrogens is 226 g/mol. The van der Waals surface area contributed by atoms with Crippen molar-refractivity contribution in [2.24, 2.45) is 10.9 Å². The normalized spacial score (nSPS) is 11.9. The van der Waals surface area contributed by atoms with Crippen molar-refractivity contribution in [1.29, 1.82) is 0 Å². The van der Waals surface area contributed by atoms with E-state index in [1.807, 2.05) is 25.1 Å². The van der Waals surface area contributed by atoms with Gasteiger partial charge in [-0.05, 0) is 41.5 Å². The van der Waals surface area contributed by atoms with E-state index in [9.17, 15) is 5.11 Å². The smallest absolute Gasteiger partial charge is 0.116 e. The van der Waals surface area contributed by atoms with Gasteiger partial charge in [0.15, 0.2) is 0 Å². The topological polar surface area (TPSA) is 70.6 Å². The lowest BCUT2D eigenvalue weighted by atomic mass is 10.1. The van der Waals surface area contributed by atoms with Gasteiger partial charge in [0.1, 0.15) is 5.75 Å². The molecule has 4 nitrogen and oxygen atoms in total. The summed E-state index contributed by atoms with van der Waals surface area (Å²) in [7, 11) is 0. The maximum absolute atomic E-state index is 9.39. The van der Waals surface area contributed by atoms with Gasteiger partial charge < -0.3 is 16.3 Å². The molecule has 2 aromatic rings. The average molecular weight is 243 g/mol. The van der Waals surface area contributed by atoms with Crippen molar-refractivity contribution in [2.75, 3.05) is 6.54 Å². The molecule has 2 aromatic carbocycles. The lowest BCUT2D eigenvalue weighted by Gasteiger charge is -2.06. The van der Waals surface area contributed by atoms with Gasteiger partial charge in [-0.25, -0.2) is 0 Å². The Balaban J connectivity index is 2.08. The molecule has 0 aliphatic carbocycles. The number of nitrogens with one attached hydrogen (secondary N) is 1. The lowest BCUT2D eigenvalue weighted by Crippen LogP contribution is -2.21. The zero-order valence-corrected chi connectivity index (χ0v) is 10.4. The van der Waals surface area contributed by atoms with Crippen LogP contribution in [0.15, 0.2) is 41.5 Å². The minimum Gasteiger partial charge on any atom is -0.508 e. The summed E-state index contributed by atoms with van der Waals surface area (Å²) in [5.41, 5.74) is 2.07. The van der Waals surface area contributed by atoms with Crippen molar-refractivity contribution in [3.8, 4) is 5.75 Å². The Kier molecular flexibility index (Phi) is 3.79. The molecule has 0 saturated heterocycles. The second kappa shape index (κ2) is 5.51. The Hall–Kier alpha value is -2.07. The number of nitrogens with zero attached hydrogens (tertiary/aromatic N) is 1. The van der Waals surface area contributed by atoms with E-state index >= 15 is 0 Å². The van der Waals surface area contributed by atoms with Crippen LogP contribution in [-0.2, 0) is 6.54 Å². The van der Waals surface area contributed by atoms with Gasteiger partial charge in [-0.3, -0.25) is 0 Å². The Morgan fingerprint density at radius 2 is 1.94 bits per heavy atom. The largest absolute Gasteiger partial charge is 0.508 e. The monoisotopic (exact) mass is 243 g/mol. The van der Waals surface area contributed by atoms with Crippen LogP contribution in [0.5, 0.6) is 5.75 Å². The molecule has 0 fully saturated rings. The fourth-order valence-electron chi connectivity index (χ4n) is 1.83. The lowest BCUT2D eigenvalue weighted by molar-refractivity contribution is 0.476. The van der Waals surface area contributed by atoms with Crippen LogP contribution < -0.4 is 11.2 Å². The first-order chi connectivity index (χ1) is 8.69.